The van der Waals surface area contributed by atoms with Gasteiger partial charge in [-0.2, -0.15) is 0 Å². The number of benzene rings is 3. The monoisotopic (exact) mass is 350 g/mol. The molecule has 3 aromatic carbocycles. The molecule has 0 aliphatic carbocycles. The zero-order chi connectivity index (χ0) is 18.6. The first-order valence-electron chi connectivity index (χ1n) is 8.27. The van der Waals surface area contributed by atoms with E-state index in [0.29, 0.717) is 28.6 Å². The Morgan fingerprint density at radius 2 is 0.885 bits per heavy atom. The van der Waals surface area contributed by atoms with E-state index in [0.717, 1.165) is 5.56 Å². The van der Waals surface area contributed by atoms with Gasteiger partial charge in [0.2, 0.25) is 0 Å². The smallest absolute Gasteiger partial charge is 0.414 e. The summed E-state index contributed by atoms with van der Waals surface area (Å²) < 4.78 is 18.0. The first kappa shape index (κ1) is 17.5. The van der Waals surface area contributed by atoms with Gasteiger partial charge in [-0.15, -0.1) is 0 Å². The predicted molar refractivity (Wildman–Crippen MR) is 103 cm³/mol. The van der Waals surface area contributed by atoms with Crippen molar-refractivity contribution in [3.8, 4) is 17.2 Å². The van der Waals surface area contributed by atoms with Gasteiger partial charge in [0.1, 0.15) is 17.2 Å². The average molecular weight is 350 g/mol. The van der Waals surface area contributed by atoms with Crippen molar-refractivity contribution in [1.82, 2.24) is 0 Å². The van der Waals surface area contributed by atoms with Crippen LogP contribution < -0.4 is 25.7 Å². The standard InChI is InChI=1S/C21H22N2O3/c1-15-3-9-18(10-4-15)24-21(2,25-19-11-5-16(22)6-12-19)26-20-13-7-17(23)8-14-20/h3-14H,22-23H2,1-2H3. The third kappa shape index (κ3) is 4.60. The van der Waals surface area contributed by atoms with Gasteiger partial charge in [0.25, 0.3) is 0 Å². The summed E-state index contributed by atoms with van der Waals surface area (Å²) >= 11 is 0. The molecule has 0 aromatic heterocycles. The number of hydrogen-bond donors (Lipinski definition) is 2. The van der Waals surface area contributed by atoms with Gasteiger partial charge in [0.15, 0.2) is 0 Å². The molecule has 3 rings (SSSR count). The highest BCUT2D eigenvalue weighted by molar-refractivity contribution is 5.43. The van der Waals surface area contributed by atoms with Gasteiger partial charge < -0.3 is 25.7 Å². The Balaban J connectivity index is 1.86. The van der Waals surface area contributed by atoms with Crippen LogP contribution in [0.3, 0.4) is 0 Å². The zero-order valence-electron chi connectivity index (χ0n) is 14.8. The van der Waals surface area contributed by atoms with Crippen molar-refractivity contribution in [3.05, 3.63) is 78.4 Å². The highest BCUT2D eigenvalue weighted by atomic mass is 16.9. The Kier molecular flexibility index (Phi) is 4.89. The van der Waals surface area contributed by atoms with Gasteiger partial charge in [0.05, 0.1) is 6.92 Å². The molecular weight excluding hydrogens is 328 g/mol. The summed E-state index contributed by atoms with van der Waals surface area (Å²) in [5, 5.41) is 0. The summed E-state index contributed by atoms with van der Waals surface area (Å²) in [6, 6.07) is 21.7. The van der Waals surface area contributed by atoms with Crippen molar-refractivity contribution < 1.29 is 14.2 Å². The highest BCUT2D eigenvalue weighted by Crippen LogP contribution is 2.27. The van der Waals surface area contributed by atoms with E-state index < -0.39 is 5.97 Å². The number of nitrogens with two attached hydrogens (primary N) is 2. The van der Waals surface area contributed by atoms with Crippen molar-refractivity contribution in [2.24, 2.45) is 0 Å². The fourth-order valence-electron chi connectivity index (χ4n) is 2.38. The Bertz CT molecular complexity index is 728. The van der Waals surface area contributed by atoms with Crippen LogP contribution in [0.25, 0.3) is 0 Å². The molecule has 0 radical (unpaired) electrons. The van der Waals surface area contributed by atoms with Crippen LogP contribution >= 0.6 is 0 Å². The average Bonchev–Trinajstić information content (AvgIpc) is 2.61. The number of rotatable bonds is 6. The molecule has 0 saturated carbocycles. The van der Waals surface area contributed by atoms with E-state index in [1.54, 1.807) is 55.5 Å². The maximum atomic E-state index is 6.02. The van der Waals surface area contributed by atoms with Gasteiger partial charge in [-0.05, 0) is 67.6 Å². The number of nitrogen functional groups attached to an aromatic ring is 2. The SMILES string of the molecule is Cc1ccc(OC(C)(Oc2ccc(N)cc2)Oc2ccc(N)cc2)cc1. The van der Waals surface area contributed by atoms with Crippen LogP contribution in [0.2, 0.25) is 0 Å². The molecule has 0 saturated heterocycles. The molecule has 4 N–H and O–H groups in total. The Hall–Kier alpha value is -3.34. The molecule has 134 valence electrons. The van der Waals surface area contributed by atoms with Crippen molar-refractivity contribution in [2.45, 2.75) is 19.8 Å². The zero-order valence-corrected chi connectivity index (χ0v) is 14.8. The molecule has 26 heavy (non-hydrogen) atoms. The molecule has 0 unspecified atom stereocenters. The summed E-state index contributed by atoms with van der Waals surface area (Å²) in [6.45, 7) is 3.72. The molecule has 0 bridgehead atoms. The maximum absolute atomic E-state index is 6.02. The largest absolute Gasteiger partial charge is 0.421 e. The molecule has 0 amide bonds. The van der Waals surface area contributed by atoms with E-state index in [2.05, 4.69) is 0 Å². The summed E-state index contributed by atoms with van der Waals surface area (Å²) in [6.07, 6.45) is 0. The fraction of sp³-hybridized carbons (Fsp3) is 0.143. The third-order valence-corrected chi connectivity index (χ3v) is 3.69. The van der Waals surface area contributed by atoms with Gasteiger partial charge in [-0.3, -0.25) is 0 Å². The van der Waals surface area contributed by atoms with Crippen LogP contribution in [0.15, 0.2) is 72.8 Å². The topological polar surface area (TPSA) is 79.7 Å². The number of aryl methyl sites for hydroxylation is 1. The van der Waals surface area contributed by atoms with Crippen molar-refractivity contribution in [1.29, 1.82) is 0 Å². The van der Waals surface area contributed by atoms with Crippen molar-refractivity contribution >= 4 is 11.4 Å². The molecule has 0 heterocycles. The quantitative estimate of drug-likeness (QED) is 0.510. The van der Waals surface area contributed by atoms with Crippen LogP contribution in [-0.2, 0) is 0 Å². The van der Waals surface area contributed by atoms with Gasteiger partial charge in [-0.25, -0.2) is 0 Å². The number of anilines is 2. The van der Waals surface area contributed by atoms with Gasteiger partial charge >= 0.3 is 5.97 Å². The van der Waals surface area contributed by atoms with Crippen LogP contribution in [0.5, 0.6) is 17.2 Å². The number of hydrogen-bond acceptors (Lipinski definition) is 5. The van der Waals surface area contributed by atoms with Gasteiger partial charge in [-0.1, -0.05) is 17.7 Å². The maximum Gasteiger partial charge on any atom is 0.414 e. The normalized spacial score (nSPS) is 11.0. The summed E-state index contributed by atoms with van der Waals surface area (Å²) in [4.78, 5) is 0. The molecule has 5 nitrogen and oxygen atoms in total. The second kappa shape index (κ2) is 7.27. The second-order valence-electron chi connectivity index (χ2n) is 6.12. The minimum absolute atomic E-state index is 0.573. The Morgan fingerprint density at radius 3 is 1.23 bits per heavy atom. The van der Waals surface area contributed by atoms with E-state index >= 15 is 0 Å². The van der Waals surface area contributed by atoms with Crippen LogP contribution in [-0.4, -0.2) is 5.97 Å². The molecule has 0 atom stereocenters. The summed E-state index contributed by atoms with van der Waals surface area (Å²) in [5.74, 6) is 0.388. The second-order valence-corrected chi connectivity index (χ2v) is 6.12. The number of ether oxygens (including phenoxy) is 3. The van der Waals surface area contributed by atoms with E-state index in [1.807, 2.05) is 31.2 Å². The minimum Gasteiger partial charge on any atom is -0.421 e. The molecule has 5 heteroatoms. The van der Waals surface area contributed by atoms with Crippen LogP contribution in [0.4, 0.5) is 11.4 Å². The van der Waals surface area contributed by atoms with E-state index in [-0.39, 0.29) is 0 Å². The molecule has 3 aromatic rings. The molecule has 0 spiro atoms. The lowest BCUT2D eigenvalue weighted by Gasteiger charge is -2.31. The first-order valence-corrected chi connectivity index (χ1v) is 8.27. The first-order chi connectivity index (χ1) is 12.4. The highest BCUT2D eigenvalue weighted by Gasteiger charge is 2.32. The van der Waals surface area contributed by atoms with Crippen molar-refractivity contribution in [3.63, 3.8) is 0 Å². The molecule has 0 aliphatic rings. The van der Waals surface area contributed by atoms with E-state index in [9.17, 15) is 0 Å². The van der Waals surface area contributed by atoms with Crippen LogP contribution in [0, 0.1) is 6.92 Å². The minimum atomic E-state index is -1.39. The summed E-state index contributed by atoms with van der Waals surface area (Å²) in [5.41, 5.74) is 13.9. The van der Waals surface area contributed by atoms with Crippen LogP contribution in [0.1, 0.15) is 12.5 Å². The predicted octanol–water partition coefficient (Wildman–Crippen LogP) is 4.37. The lowest BCUT2D eigenvalue weighted by Crippen LogP contribution is -2.45. The Morgan fingerprint density at radius 1 is 0.577 bits per heavy atom. The lowest BCUT2D eigenvalue weighted by atomic mass is 10.2. The lowest BCUT2D eigenvalue weighted by molar-refractivity contribution is -0.238. The molecule has 0 fully saturated rings. The van der Waals surface area contributed by atoms with E-state index in [4.69, 9.17) is 25.7 Å². The Labute approximate surface area is 153 Å². The molecular formula is C21H22N2O3. The molecule has 0 aliphatic heterocycles. The van der Waals surface area contributed by atoms with Crippen molar-refractivity contribution in [2.75, 3.05) is 11.5 Å². The van der Waals surface area contributed by atoms with Gasteiger partial charge in [0, 0.05) is 11.4 Å². The van der Waals surface area contributed by atoms with E-state index in [1.165, 1.54) is 0 Å². The fourth-order valence-corrected chi connectivity index (χ4v) is 2.38. The third-order valence-electron chi connectivity index (χ3n) is 3.69. The summed E-state index contributed by atoms with van der Waals surface area (Å²) in [7, 11) is 0.